The van der Waals surface area contributed by atoms with E-state index in [9.17, 15) is 4.79 Å². The highest BCUT2D eigenvalue weighted by atomic mass is 16.1. The van der Waals surface area contributed by atoms with Crippen molar-refractivity contribution in [2.24, 2.45) is 5.41 Å². The number of rotatable bonds is 2. The fourth-order valence-corrected chi connectivity index (χ4v) is 1.14. The second-order valence-corrected chi connectivity index (χ2v) is 3.38. The van der Waals surface area contributed by atoms with E-state index >= 15 is 0 Å². The van der Waals surface area contributed by atoms with Crippen LogP contribution in [0.15, 0.2) is 12.4 Å². The minimum absolute atomic E-state index is 0.0656. The van der Waals surface area contributed by atoms with E-state index in [0.717, 1.165) is 12.8 Å². The molecule has 3 nitrogen and oxygen atoms in total. The number of aromatic nitrogens is 2. The number of nitrogens with zero attached hydrogens (tertiary/aromatic N) is 1. The average molecular weight is 150 g/mol. The van der Waals surface area contributed by atoms with Crippen molar-refractivity contribution in [1.82, 2.24) is 10.2 Å². The van der Waals surface area contributed by atoms with Gasteiger partial charge in [-0.05, 0) is 12.8 Å². The predicted molar refractivity (Wildman–Crippen MR) is 40.3 cm³/mol. The Kier molecular flexibility index (Phi) is 1.16. The lowest BCUT2D eigenvalue weighted by atomic mass is 10.00. The molecular weight excluding hydrogens is 140 g/mol. The molecule has 1 aromatic heterocycles. The zero-order valence-corrected chi connectivity index (χ0v) is 6.42. The summed E-state index contributed by atoms with van der Waals surface area (Å²) in [4.78, 5) is 11.5. The summed E-state index contributed by atoms with van der Waals surface area (Å²) in [6, 6.07) is 0. The number of aromatic amines is 1. The van der Waals surface area contributed by atoms with Crippen molar-refractivity contribution in [2.45, 2.75) is 19.8 Å². The number of ketones is 1. The Balaban J connectivity index is 2.24. The molecular formula is C8H10N2O. The van der Waals surface area contributed by atoms with Gasteiger partial charge in [-0.25, -0.2) is 0 Å². The molecule has 0 aliphatic heterocycles. The van der Waals surface area contributed by atoms with Crippen LogP contribution >= 0.6 is 0 Å². The zero-order chi connectivity index (χ0) is 7.90. The number of H-pyrrole nitrogens is 1. The monoisotopic (exact) mass is 150 g/mol. The van der Waals surface area contributed by atoms with Gasteiger partial charge in [-0.2, -0.15) is 5.10 Å². The molecule has 1 saturated carbocycles. The van der Waals surface area contributed by atoms with Crippen molar-refractivity contribution < 1.29 is 4.79 Å². The molecule has 0 saturated heterocycles. The van der Waals surface area contributed by atoms with E-state index in [1.54, 1.807) is 12.4 Å². The Morgan fingerprint density at radius 2 is 2.45 bits per heavy atom. The lowest BCUT2D eigenvalue weighted by Crippen LogP contribution is -2.10. The van der Waals surface area contributed by atoms with Gasteiger partial charge in [-0.1, -0.05) is 6.92 Å². The summed E-state index contributed by atoms with van der Waals surface area (Å²) < 4.78 is 0. The van der Waals surface area contributed by atoms with E-state index < -0.39 is 0 Å². The van der Waals surface area contributed by atoms with E-state index in [2.05, 4.69) is 10.2 Å². The zero-order valence-electron chi connectivity index (χ0n) is 6.42. The predicted octanol–water partition coefficient (Wildman–Crippen LogP) is 1.39. The van der Waals surface area contributed by atoms with Gasteiger partial charge in [0.1, 0.15) is 0 Å². The summed E-state index contributed by atoms with van der Waals surface area (Å²) in [5.41, 5.74) is 0.647. The van der Waals surface area contributed by atoms with Crippen LogP contribution in [0, 0.1) is 5.41 Å². The number of carbonyl (C=O) groups excluding carboxylic acids is 1. The van der Waals surface area contributed by atoms with Crippen LogP contribution in [0.5, 0.6) is 0 Å². The first-order valence-electron chi connectivity index (χ1n) is 3.76. The van der Waals surface area contributed by atoms with Gasteiger partial charge >= 0.3 is 0 Å². The Hall–Kier alpha value is -1.12. The Morgan fingerprint density at radius 3 is 2.91 bits per heavy atom. The lowest BCUT2D eigenvalue weighted by molar-refractivity contribution is 0.0912. The molecule has 0 spiro atoms. The summed E-state index contributed by atoms with van der Waals surface area (Å²) in [5.74, 6) is 0.228. The van der Waals surface area contributed by atoms with Crippen LogP contribution < -0.4 is 0 Å². The van der Waals surface area contributed by atoms with Gasteiger partial charge in [0, 0.05) is 11.6 Å². The molecule has 2 rings (SSSR count). The SMILES string of the molecule is CC1(C(=O)c2cn[nH]c2)CC1. The molecule has 1 N–H and O–H groups in total. The lowest BCUT2D eigenvalue weighted by Gasteiger charge is -2.02. The van der Waals surface area contributed by atoms with Crippen molar-refractivity contribution in [3.63, 3.8) is 0 Å². The number of nitrogens with one attached hydrogen (secondary N) is 1. The number of carbonyl (C=O) groups is 1. The molecule has 1 aromatic rings. The van der Waals surface area contributed by atoms with Gasteiger partial charge in [0.2, 0.25) is 0 Å². The quantitative estimate of drug-likeness (QED) is 0.647. The molecule has 1 heterocycles. The summed E-state index contributed by atoms with van der Waals surface area (Å²) in [6.45, 7) is 2.00. The number of Topliss-reactive ketones (excluding diaryl/α,β-unsaturated/α-hetero) is 1. The third-order valence-corrected chi connectivity index (χ3v) is 2.31. The van der Waals surface area contributed by atoms with Gasteiger partial charge in [0.15, 0.2) is 5.78 Å². The van der Waals surface area contributed by atoms with Crippen molar-refractivity contribution in [3.05, 3.63) is 18.0 Å². The Morgan fingerprint density at radius 1 is 1.73 bits per heavy atom. The van der Waals surface area contributed by atoms with Crippen molar-refractivity contribution in [3.8, 4) is 0 Å². The first-order valence-corrected chi connectivity index (χ1v) is 3.76. The molecule has 0 bridgehead atoms. The summed E-state index contributed by atoms with van der Waals surface area (Å²) in [6.07, 6.45) is 5.30. The second-order valence-electron chi connectivity index (χ2n) is 3.38. The van der Waals surface area contributed by atoms with Gasteiger partial charge in [-0.3, -0.25) is 9.89 Å². The molecule has 0 amide bonds. The van der Waals surface area contributed by atoms with Crippen molar-refractivity contribution in [2.75, 3.05) is 0 Å². The maximum atomic E-state index is 11.5. The number of hydrogen-bond acceptors (Lipinski definition) is 2. The van der Waals surface area contributed by atoms with Crippen LogP contribution in [0.2, 0.25) is 0 Å². The third kappa shape index (κ3) is 0.964. The standard InChI is InChI=1S/C8H10N2O/c1-8(2-3-8)7(11)6-4-9-10-5-6/h4-5H,2-3H2,1H3,(H,9,10). The maximum Gasteiger partial charge on any atom is 0.171 e. The van der Waals surface area contributed by atoms with Gasteiger partial charge in [-0.15, -0.1) is 0 Å². The van der Waals surface area contributed by atoms with E-state index in [1.807, 2.05) is 6.92 Å². The summed E-state index contributed by atoms with van der Waals surface area (Å²) in [5, 5.41) is 6.38. The van der Waals surface area contributed by atoms with Gasteiger partial charge < -0.3 is 0 Å². The van der Waals surface area contributed by atoms with Crippen molar-refractivity contribution in [1.29, 1.82) is 0 Å². The normalized spacial score (nSPS) is 19.7. The highest BCUT2D eigenvalue weighted by Crippen LogP contribution is 2.47. The molecule has 0 radical (unpaired) electrons. The molecule has 58 valence electrons. The molecule has 1 aliphatic carbocycles. The van der Waals surface area contributed by atoms with Crippen LogP contribution in [0.25, 0.3) is 0 Å². The van der Waals surface area contributed by atoms with Crippen LogP contribution in [-0.4, -0.2) is 16.0 Å². The van der Waals surface area contributed by atoms with Crippen LogP contribution in [0.4, 0.5) is 0 Å². The van der Waals surface area contributed by atoms with Gasteiger partial charge in [0.25, 0.3) is 0 Å². The molecule has 1 fully saturated rings. The molecule has 3 heteroatoms. The highest BCUT2D eigenvalue weighted by Gasteiger charge is 2.45. The minimum atomic E-state index is -0.0656. The molecule has 0 aromatic carbocycles. The first kappa shape index (κ1) is 6.58. The highest BCUT2D eigenvalue weighted by molar-refractivity contribution is 6.01. The molecule has 11 heavy (non-hydrogen) atoms. The summed E-state index contributed by atoms with van der Waals surface area (Å²) in [7, 11) is 0. The third-order valence-electron chi connectivity index (χ3n) is 2.31. The second kappa shape index (κ2) is 1.94. The van der Waals surface area contributed by atoms with E-state index in [1.165, 1.54) is 0 Å². The fourth-order valence-electron chi connectivity index (χ4n) is 1.14. The number of hydrogen-bond donors (Lipinski definition) is 1. The summed E-state index contributed by atoms with van der Waals surface area (Å²) >= 11 is 0. The minimum Gasteiger partial charge on any atom is -0.293 e. The van der Waals surface area contributed by atoms with E-state index in [4.69, 9.17) is 0 Å². The first-order chi connectivity index (χ1) is 5.22. The topological polar surface area (TPSA) is 45.8 Å². The van der Waals surface area contributed by atoms with Crippen LogP contribution in [0.3, 0.4) is 0 Å². The largest absolute Gasteiger partial charge is 0.293 e. The molecule has 0 unspecified atom stereocenters. The van der Waals surface area contributed by atoms with E-state index in [-0.39, 0.29) is 11.2 Å². The maximum absolute atomic E-state index is 11.5. The van der Waals surface area contributed by atoms with Gasteiger partial charge in [0.05, 0.1) is 11.8 Å². The van der Waals surface area contributed by atoms with E-state index in [0.29, 0.717) is 5.56 Å². The van der Waals surface area contributed by atoms with Crippen LogP contribution in [0.1, 0.15) is 30.1 Å². The molecule has 0 atom stereocenters. The average Bonchev–Trinajstić information content (AvgIpc) is 2.54. The Bertz CT molecular complexity index is 272. The smallest absolute Gasteiger partial charge is 0.171 e. The Labute approximate surface area is 64.8 Å². The van der Waals surface area contributed by atoms with Crippen molar-refractivity contribution >= 4 is 5.78 Å². The fraction of sp³-hybridized carbons (Fsp3) is 0.500. The van der Waals surface area contributed by atoms with Crippen LogP contribution in [-0.2, 0) is 0 Å². The molecule has 1 aliphatic rings.